The molecule has 2 aromatic rings. The van der Waals surface area contributed by atoms with E-state index in [9.17, 15) is 22.4 Å². The third-order valence-electron chi connectivity index (χ3n) is 4.17. The lowest BCUT2D eigenvalue weighted by Gasteiger charge is -2.18. The molecule has 1 heterocycles. The summed E-state index contributed by atoms with van der Waals surface area (Å²) in [6, 6.07) is 7.96. The molecule has 136 valence electrons. The van der Waals surface area contributed by atoms with Gasteiger partial charge in [0.15, 0.2) is 15.6 Å². The highest BCUT2D eigenvalue weighted by molar-refractivity contribution is 7.90. The second-order valence-corrected chi connectivity index (χ2v) is 9.24. The molecule has 2 aromatic carbocycles. The molecule has 0 saturated carbocycles. The van der Waals surface area contributed by atoms with Crippen molar-refractivity contribution in [2.45, 2.75) is 31.4 Å². The first-order valence-corrected chi connectivity index (χ1v) is 9.66. The molecule has 0 spiro atoms. The first-order chi connectivity index (χ1) is 12.0. The van der Waals surface area contributed by atoms with Gasteiger partial charge in [-0.1, -0.05) is 26.8 Å². The number of carbonyl (C=O) groups is 2. The molecule has 5 nitrogen and oxygen atoms in total. The van der Waals surface area contributed by atoms with E-state index in [0.717, 1.165) is 6.07 Å². The van der Waals surface area contributed by atoms with Crippen molar-refractivity contribution in [3.63, 3.8) is 0 Å². The molecule has 1 N–H and O–H groups in total. The minimum Gasteiger partial charge on any atom is -0.326 e. The number of hydrogen-bond acceptors (Lipinski definition) is 4. The third kappa shape index (κ3) is 3.14. The summed E-state index contributed by atoms with van der Waals surface area (Å²) in [6.45, 7) is 5.25. The Hall–Kier alpha value is -2.54. The Morgan fingerprint density at radius 1 is 1.15 bits per heavy atom. The topological polar surface area (TPSA) is 80.3 Å². The van der Waals surface area contributed by atoms with E-state index in [-0.39, 0.29) is 21.9 Å². The summed E-state index contributed by atoms with van der Waals surface area (Å²) in [5.74, 6) is -2.23. The minimum absolute atomic E-state index is 0.117. The maximum atomic E-state index is 14.2. The molecule has 0 aromatic heterocycles. The molecule has 0 saturated heterocycles. The molecule has 0 unspecified atom stereocenters. The van der Waals surface area contributed by atoms with Gasteiger partial charge in [-0.2, -0.15) is 0 Å². The van der Waals surface area contributed by atoms with Crippen LogP contribution in [0.2, 0.25) is 0 Å². The number of ketones is 1. The van der Waals surface area contributed by atoms with Gasteiger partial charge in [-0.05, 0) is 35.9 Å². The van der Waals surface area contributed by atoms with Crippen LogP contribution < -0.4 is 5.32 Å². The van der Waals surface area contributed by atoms with Crippen molar-refractivity contribution in [3.05, 3.63) is 58.9 Å². The fourth-order valence-electron chi connectivity index (χ4n) is 2.73. The van der Waals surface area contributed by atoms with E-state index in [0.29, 0.717) is 5.69 Å². The predicted molar refractivity (Wildman–Crippen MR) is 95.2 cm³/mol. The van der Waals surface area contributed by atoms with Crippen LogP contribution in [0.5, 0.6) is 0 Å². The number of sulfone groups is 1. The molecule has 1 aliphatic rings. The highest BCUT2D eigenvalue weighted by atomic mass is 32.2. The Kier molecular flexibility index (Phi) is 4.23. The van der Waals surface area contributed by atoms with Gasteiger partial charge >= 0.3 is 0 Å². The second-order valence-electron chi connectivity index (χ2n) is 7.28. The zero-order valence-electron chi connectivity index (χ0n) is 14.6. The van der Waals surface area contributed by atoms with Crippen molar-refractivity contribution in [1.82, 2.24) is 0 Å². The van der Waals surface area contributed by atoms with E-state index in [1.54, 1.807) is 20.8 Å². The number of amides is 1. The summed E-state index contributed by atoms with van der Waals surface area (Å²) in [4.78, 5) is 24.6. The van der Waals surface area contributed by atoms with Crippen LogP contribution in [0.15, 0.2) is 41.3 Å². The van der Waals surface area contributed by atoms with Crippen molar-refractivity contribution < 1.29 is 22.4 Å². The van der Waals surface area contributed by atoms with Crippen molar-refractivity contribution >= 4 is 27.2 Å². The largest absolute Gasteiger partial charge is 0.326 e. The molecule has 0 atom stereocenters. The van der Waals surface area contributed by atoms with Gasteiger partial charge in [-0.15, -0.1) is 0 Å². The Morgan fingerprint density at radius 2 is 1.85 bits per heavy atom. The summed E-state index contributed by atoms with van der Waals surface area (Å²) in [6.07, 6.45) is 0. The molecule has 26 heavy (non-hydrogen) atoms. The quantitative estimate of drug-likeness (QED) is 0.829. The van der Waals surface area contributed by atoms with Gasteiger partial charge in [0.2, 0.25) is 5.91 Å². The minimum atomic E-state index is -3.89. The number of rotatable bonds is 1. The third-order valence-corrected chi connectivity index (χ3v) is 5.87. The van der Waals surface area contributed by atoms with Crippen molar-refractivity contribution in [1.29, 1.82) is 0 Å². The zero-order chi connectivity index (χ0) is 19.3. The van der Waals surface area contributed by atoms with Gasteiger partial charge in [0.1, 0.15) is 5.82 Å². The first kappa shape index (κ1) is 18.3. The summed E-state index contributed by atoms with van der Waals surface area (Å²) in [5.41, 5.74) is -0.326. The van der Waals surface area contributed by atoms with Gasteiger partial charge in [0.25, 0.3) is 0 Å². The van der Waals surface area contributed by atoms with E-state index in [1.807, 2.05) is 0 Å². The lowest BCUT2D eigenvalue weighted by molar-refractivity contribution is -0.123. The van der Waals surface area contributed by atoms with E-state index >= 15 is 0 Å². The van der Waals surface area contributed by atoms with Gasteiger partial charge < -0.3 is 5.32 Å². The smallest absolute Gasteiger partial charge is 0.229 e. The second kappa shape index (κ2) is 6.02. The molecule has 1 aliphatic heterocycles. The Labute approximate surface area is 151 Å². The van der Waals surface area contributed by atoms with Crippen LogP contribution in [0.3, 0.4) is 0 Å². The number of anilines is 1. The molecule has 0 aliphatic carbocycles. The number of carbonyl (C=O) groups excluding carboxylic acids is 2. The van der Waals surface area contributed by atoms with E-state index in [4.69, 9.17) is 0 Å². The Balaban J connectivity index is 2.12. The van der Waals surface area contributed by atoms with Crippen LogP contribution in [0, 0.1) is 11.2 Å². The predicted octanol–water partition coefficient (Wildman–Crippen LogP) is 3.33. The highest BCUT2D eigenvalue weighted by Gasteiger charge is 2.33. The summed E-state index contributed by atoms with van der Waals surface area (Å²) >= 11 is 0. The van der Waals surface area contributed by atoms with Crippen LogP contribution in [0.1, 0.15) is 42.3 Å². The molecular weight excluding hydrogens is 357 g/mol. The monoisotopic (exact) mass is 375 g/mol. The number of nitrogens with one attached hydrogen (secondary N) is 1. The number of benzene rings is 2. The Morgan fingerprint density at radius 3 is 2.50 bits per heavy atom. The molecule has 0 radical (unpaired) electrons. The van der Waals surface area contributed by atoms with E-state index in [1.165, 1.54) is 30.3 Å². The molecule has 1 amide bonds. The maximum absolute atomic E-state index is 14.2. The maximum Gasteiger partial charge on any atom is 0.229 e. The van der Waals surface area contributed by atoms with Crippen LogP contribution >= 0.6 is 0 Å². The summed E-state index contributed by atoms with van der Waals surface area (Å²) in [5, 5.41) is 2.71. The fourth-order valence-corrected chi connectivity index (χ4v) is 4.32. The number of hydrogen-bond donors (Lipinski definition) is 1. The van der Waals surface area contributed by atoms with Crippen LogP contribution in [0.4, 0.5) is 10.1 Å². The van der Waals surface area contributed by atoms with Crippen LogP contribution in [0.25, 0.3) is 0 Å². The lowest BCUT2D eigenvalue weighted by atomic mass is 9.95. The SMILES string of the molecule is CC(C)(C)C(=O)Nc1ccc2c(c1)CS(=O)(=O)c1cccc(F)c1C2=O. The number of halogens is 1. The molecule has 3 rings (SSSR count). The van der Waals surface area contributed by atoms with E-state index in [2.05, 4.69) is 5.32 Å². The molecular formula is C19H18FNO4S. The van der Waals surface area contributed by atoms with Gasteiger partial charge in [-0.3, -0.25) is 9.59 Å². The average Bonchev–Trinajstić information content (AvgIpc) is 2.60. The zero-order valence-corrected chi connectivity index (χ0v) is 15.4. The van der Waals surface area contributed by atoms with Crippen molar-refractivity contribution in [3.8, 4) is 0 Å². The van der Waals surface area contributed by atoms with Gasteiger partial charge in [0.05, 0.1) is 16.2 Å². The normalized spacial score (nSPS) is 15.6. The molecule has 0 fully saturated rings. The van der Waals surface area contributed by atoms with Crippen LogP contribution in [-0.2, 0) is 20.4 Å². The highest BCUT2D eigenvalue weighted by Crippen LogP contribution is 2.32. The van der Waals surface area contributed by atoms with Crippen molar-refractivity contribution in [2.75, 3.05) is 5.32 Å². The number of fused-ring (bicyclic) bond motifs is 2. The first-order valence-electron chi connectivity index (χ1n) is 8.01. The van der Waals surface area contributed by atoms with Gasteiger partial charge in [0, 0.05) is 16.7 Å². The van der Waals surface area contributed by atoms with E-state index < -0.39 is 38.2 Å². The summed E-state index contributed by atoms with van der Waals surface area (Å²) in [7, 11) is -3.89. The fraction of sp³-hybridized carbons (Fsp3) is 0.263. The Bertz CT molecular complexity index is 1040. The molecule has 7 heteroatoms. The van der Waals surface area contributed by atoms with Crippen molar-refractivity contribution in [2.24, 2.45) is 5.41 Å². The van der Waals surface area contributed by atoms with Gasteiger partial charge in [-0.25, -0.2) is 12.8 Å². The van der Waals surface area contributed by atoms with Crippen LogP contribution in [-0.4, -0.2) is 20.1 Å². The lowest BCUT2D eigenvalue weighted by Crippen LogP contribution is -2.27. The summed E-state index contributed by atoms with van der Waals surface area (Å²) < 4.78 is 39.5. The average molecular weight is 375 g/mol. The standard InChI is InChI=1S/C19H18FNO4S/c1-19(2,3)18(23)21-12-7-8-13-11(9-12)10-26(24,25)15-6-4-5-14(20)16(15)17(13)22/h4-9H,10H2,1-3H3,(H,21,23). The molecule has 0 bridgehead atoms.